The van der Waals surface area contributed by atoms with E-state index in [0.717, 1.165) is 43.7 Å². The van der Waals surface area contributed by atoms with Crippen molar-refractivity contribution in [3.8, 4) is 0 Å². The van der Waals surface area contributed by atoms with Gasteiger partial charge in [0, 0.05) is 50.7 Å². The van der Waals surface area contributed by atoms with Crippen LogP contribution in [0.5, 0.6) is 0 Å². The SMILES string of the molecule is C[C@H]1CN(C(=O)c2ccc(CN3CCCC3=O)cc2)CCN1. The Morgan fingerprint density at radius 2 is 2.05 bits per heavy atom. The number of nitrogens with one attached hydrogen (secondary N) is 1. The van der Waals surface area contributed by atoms with Gasteiger partial charge in [-0.3, -0.25) is 9.59 Å². The quantitative estimate of drug-likeness (QED) is 0.914. The predicted octanol–water partition coefficient (Wildman–Crippen LogP) is 1.24. The van der Waals surface area contributed by atoms with Crippen LogP contribution in [0.3, 0.4) is 0 Å². The minimum Gasteiger partial charge on any atom is -0.338 e. The first-order valence-corrected chi connectivity index (χ1v) is 8.03. The molecule has 1 aromatic carbocycles. The summed E-state index contributed by atoms with van der Waals surface area (Å²) in [7, 11) is 0. The summed E-state index contributed by atoms with van der Waals surface area (Å²) in [5.74, 6) is 0.326. The molecule has 2 aliphatic heterocycles. The molecule has 1 N–H and O–H groups in total. The molecule has 0 aromatic heterocycles. The van der Waals surface area contributed by atoms with Crippen molar-refractivity contribution in [3.63, 3.8) is 0 Å². The van der Waals surface area contributed by atoms with E-state index in [9.17, 15) is 9.59 Å². The Balaban J connectivity index is 1.63. The van der Waals surface area contributed by atoms with Gasteiger partial charge in [0.2, 0.25) is 5.91 Å². The second-order valence-electron chi connectivity index (χ2n) is 6.22. The number of likely N-dealkylation sites (tertiary alicyclic amines) is 1. The molecule has 0 bridgehead atoms. The van der Waals surface area contributed by atoms with E-state index in [2.05, 4.69) is 12.2 Å². The van der Waals surface area contributed by atoms with Gasteiger partial charge in [0.15, 0.2) is 0 Å². The lowest BCUT2D eigenvalue weighted by Crippen LogP contribution is -2.51. The van der Waals surface area contributed by atoms with Crippen molar-refractivity contribution in [3.05, 3.63) is 35.4 Å². The Labute approximate surface area is 131 Å². The maximum absolute atomic E-state index is 12.5. The minimum absolute atomic E-state index is 0.0946. The zero-order valence-corrected chi connectivity index (χ0v) is 13.0. The summed E-state index contributed by atoms with van der Waals surface area (Å²) in [5.41, 5.74) is 1.81. The summed E-state index contributed by atoms with van der Waals surface area (Å²) in [5, 5.41) is 3.34. The Morgan fingerprint density at radius 3 is 2.68 bits per heavy atom. The number of carbonyl (C=O) groups excluding carboxylic acids is 2. The van der Waals surface area contributed by atoms with Gasteiger partial charge in [-0.25, -0.2) is 0 Å². The number of hydrogen-bond donors (Lipinski definition) is 1. The summed E-state index contributed by atoms with van der Waals surface area (Å²) < 4.78 is 0. The predicted molar refractivity (Wildman–Crippen MR) is 84.5 cm³/mol. The molecular formula is C17H23N3O2. The normalized spacial score (nSPS) is 22.2. The van der Waals surface area contributed by atoms with Crippen LogP contribution < -0.4 is 5.32 Å². The molecule has 118 valence electrons. The molecule has 0 radical (unpaired) electrons. The smallest absolute Gasteiger partial charge is 0.253 e. The van der Waals surface area contributed by atoms with E-state index in [0.29, 0.717) is 19.0 Å². The lowest BCUT2D eigenvalue weighted by molar-refractivity contribution is -0.128. The molecule has 5 heteroatoms. The maximum atomic E-state index is 12.5. The van der Waals surface area contributed by atoms with Gasteiger partial charge < -0.3 is 15.1 Å². The first-order valence-electron chi connectivity index (χ1n) is 8.03. The summed E-state index contributed by atoms with van der Waals surface area (Å²) in [6.07, 6.45) is 1.62. The molecule has 0 saturated carbocycles. The fourth-order valence-electron chi connectivity index (χ4n) is 3.14. The first-order chi connectivity index (χ1) is 10.6. The van der Waals surface area contributed by atoms with Crippen molar-refractivity contribution in [2.24, 2.45) is 0 Å². The van der Waals surface area contributed by atoms with Crippen molar-refractivity contribution >= 4 is 11.8 Å². The van der Waals surface area contributed by atoms with Crippen LogP contribution >= 0.6 is 0 Å². The zero-order chi connectivity index (χ0) is 15.5. The van der Waals surface area contributed by atoms with E-state index in [4.69, 9.17) is 0 Å². The fourth-order valence-corrected chi connectivity index (χ4v) is 3.14. The molecule has 0 spiro atoms. The highest BCUT2D eigenvalue weighted by Crippen LogP contribution is 2.15. The Kier molecular flexibility index (Phi) is 4.43. The summed E-state index contributed by atoms with van der Waals surface area (Å²) in [4.78, 5) is 27.9. The third-order valence-electron chi connectivity index (χ3n) is 4.40. The second-order valence-corrected chi connectivity index (χ2v) is 6.22. The van der Waals surface area contributed by atoms with E-state index >= 15 is 0 Å². The van der Waals surface area contributed by atoms with Gasteiger partial charge in [-0.15, -0.1) is 0 Å². The van der Waals surface area contributed by atoms with Crippen molar-refractivity contribution in [2.75, 3.05) is 26.2 Å². The van der Waals surface area contributed by atoms with Crippen LogP contribution in [-0.4, -0.2) is 53.8 Å². The van der Waals surface area contributed by atoms with Crippen molar-refractivity contribution < 1.29 is 9.59 Å². The number of carbonyl (C=O) groups is 2. The first kappa shape index (κ1) is 15.0. The molecule has 1 aromatic rings. The third-order valence-corrected chi connectivity index (χ3v) is 4.40. The van der Waals surface area contributed by atoms with E-state index in [-0.39, 0.29) is 11.8 Å². The average Bonchev–Trinajstić information content (AvgIpc) is 2.92. The number of nitrogens with zero attached hydrogens (tertiary/aromatic N) is 2. The van der Waals surface area contributed by atoms with Crippen molar-refractivity contribution in [1.82, 2.24) is 15.1 Å². The summed E-state index contributed by atoms with van der Waals surface area (Å²) in [6.45, 7) is 5.95. The molecule has 5 nitrogen and oxygen atoms in total. The van der Waals surface area contributed by atoms with Crippen LogP contribution in [-0.2, 0) is 11.3 Å². The van der Waals surface area contributed by atoms with Crippen LogP contribution in [0.4, 0.5) is 0 Å². The summed E-state index contributed by atoms with van der Waals surface area (Å²) in [6, 6.07) is 8.03. The Morgan fingerprint density at radius 1 is 1.27 bits per heavy atom. The van der Waals surface area contributed by atoms with E-state index in [1.54, 1.807) is 0 Å². The van der Waals surface area contributed by atoms with Crippen molar-refractivity contribution in [2.45, 2.75) is 32.4 Å². The molecule has 22 heavy (non-hydrogen) atoms. The maximum Gasteiger partial charge on any atom is 0.253 e. The second kappa shape index (κ2) is 6.48. The van der Waals surface area contributed by atoms with Gasteiger partial charge in [-0.1, -0.05) is 12.1 Å². The molecule has 3 rings (SSSR count). The van der Waals surface area contributed by atoms with Crippen LogP contribution in [0.1, 0.15) is 35.7 Å². The molecule has 2 saturated heterocycles. The van der Waals surface area contributed by atoms with Crippen LogP contribution in [0.25, 0.3) is 0 Å². The molecule has 2 aliphatic rings. The molecular weight excluding hydrogens is 278 g/mol. The highest BCUT2D eigenvalue weighted by atomic mass is 16.2. The molecule has 2 fully saturated rings. The zero-order valence-electron chi connectivity index (χ0n) is 13.0. The standard InChI is InChI=1S/C17H23N3O2/c1-13-11-20(10-8-18-13)17(22)15-6-4-14(5-7-15)12-19-9-2-3-16(19)21/h4-7,13,18H,2-3,8-12H2,1H3/t13-/m0/s1. The van der Waals surface area contributed by atoms with Crippen LogP contribution in [0, 0.1) is 0 Å². The van der Waals surface area contributed by atoms with Gasteiger partial charge in [0.1, 0.15) is 0 Å². The average molecular weight is 301 g/mol. The highest BCUT2D eigenvalue weighted by molar-refractivity contribution is 5.94. The Hall–Kier alpha value is -1.88. The minimum atomic E-state index is 0.0946. The van der Waals surface area contributed by atoms with E-state index in [1.807, 2.05) is 34.1 Å². The highest BCUT2D eigenvalue weighted by Gasteiger charge is 2.22. The van der Waals surface area contributed by atoms with Gasteiger partial charge in [-0.2, -0.15) is 0 Å². The number of amides is 2. The third kappa shape index (κ3) is 3.30. The topological polar surface area (TPSA) is 52.7 Å². The molecule has 1 atom stereocenters. The summed E-state index contributed by atoms with van der Waals surface area (Å²) >= 11 is 0. The van der Waals surface area contributed by atoms with Gasteiger partial charge in [-0.05, 0) is 31.0 Å². The largest absolute Gasteiger partial charge is 0.338 e. The van der Waals surface area contributed by atoms with Gasteiger partial charge in [0.25, 0.3) is 5.91 Å². The number of benzene rings is 1. The van der Waals surface area contributed by atoms with Gasteiger partial charge >= 0.3 is 0 Å². The number of rotatable bonds is 3. The number of hydrogen-bond acceptors (Lipinski definition) is 3. The monoisotopic (exact) mass is 301 g/mol. The van der Waals surface area contributed by atoms with Crippen LogP contribution in [0.15, 0.2) is 24.3 Å². The van der Waals surface area contributed by atoms with E-state index < -0.39 is 0 Å². The van der Waals surface area contributed by atoms with Crippen molar-refractivity contribution in [1.29, 1.82) is 0 Å². The molecule has 2 heterocycles. The van der Waals surface area contributed by atoms with Gasteiger partial charge in [0.05, 0.1) is 0 Å². The lowest BCUT2D eigenvalue weighted by atomic mass is 10.1. The Bertz CT molecular complexity index is 556. The molecule has 0 unspecified atom stereocenters. The fraction of sp³-hybridized carbons (Fsp3) is 0.529. The van der Waals surface area contributed by atoms with Crippen LogP contribution in [0.2, 0.25) is 0 Å². The molecule has 2 amide bonds. The molecule has 0 aliphatic carbocycles. The van der Waals surface area contributed by atoms with E-state index in [1.165, 1.54) is 0 Å². The number of piperazine rings is 1. The lowest BCUT2D eigenvalue weighted by Gasteiger charge is -2.32.